The van der Waals surface area contributed by atoms with E-state index in [2.05, 4.69) is 10.6 Å². The number of hydrogen-bond acceptors (Lipinski definition) is 6. The zero-order chi connectivity index (χ0) is 29.0. The molecule has 11 heteroatoms. The lowest BCUT2D eigenvalue weighted by Crippen LogP contribution is -2.52. The molecule has 1 saturated heterocycles. The lowest BCUT2D eigenvalue weighted by atomic mass is 10.0. The van der Waals surface area contributed by atoms with Gasteiger partial charge in [0.25, 0.3) is 5.91 Å². The number of para-hydroxylation sites is 1. The van der Waals surface area contributed by atoms with Gasteiger partial charge in [0, 0.05) is 30.6 Å². The molecular weight excluding hydrogens is 532 g/mol. The maximum absolute atomic E-state index is 13.4. The van der Waals surface area contributed by atoms with Crippen LogP contribution in [0.15, 0.2) is 59.5 Å². The van der Waals surface area contributed by atoms with Crippen molar-refractivity contribution < 1.29 is 27.5 Å². The minimum absolute atomic E-state index is 0.0372. The fourth-order valence-corrected chi connectivity index (χ4v) is 6.46. The van der Waals surface area contributed by atoms with Crippen LogP contribution in [0, 0.1) is 5.92 Å². The summed E-state index contributed by atoms with van der Waals surface area (Å²) in [5.74, 6) is -0.767. The average molecular weight is 569 g/mol. The van der Waals surface area contributed by atoms with Crippen molar-refractivity contribution in [2.45, 2.75) is 50.1 Å². The van der Waals surface area contributed by atoms with Crippen molar-refractivity contribution in [3.05, 3.63) is 60.3 Å². The number of benzene rings is 2. The van der Waals surface area contributed by atoms with Gasteiger partial charge in [-0.3, -0.25) is 14.4 Å². The number of amides is 2. The van der Waals surface area contributed by atoms with Crippen LogP contribution >= 0.6 is 0 Å². The fourth-order valence-electron chi connectivity index (χ4n) is 4.98. The molecule has 1 aromatic heterocycles. The Labute approximate surface area is 234 Å². The van der Waals surface area contributed by atoms with Crippen molar-refractivity contribution in [1.29, 1.82) is 0 Å². The Kier molecular flexibility index (Phi) is 8.95. The summed E-state index contributed by atoms with van der Waals surface area (Å²) in [4.78, 5) is 39.8. The minimum atomic E-state index is -3.94. The summed E-state index contributed by atoms with van der Waals surface area (Å²) in [6.45, 7) is 3.68. The first-order valence-corrected chi connectivity index (χ1v) is 14.8. The molecule has 3 aromatic rings. The zero-order valence-corrected chi connectivity index (χ0v) is 24.0. The number of fused-ring (bicyclic) bond motifs is 1. The molecule has 0 radical (unpaired) electrons. The topological polar surface area (TPSA) is 127 Å². The number of ether oxygens (including phenoxy) is 1. The summed E-state index contributed by atoms with van der Waals surface area (Å²) in [5.41, 5.74) is 1.32. The molecular formula is C29H36N4O6S. The standard InChI is InChI=1S/C29H36N4O6S/c1-19(2)15-24(31-29(36)26-16-20-9-5-6-13-25(20)32(26)3)28(35)30-23-12-8-14-33(18-27(23)34)40(37,38)22-11-7-10-21(17-22)39-4/h5-7,9-11,13,16-17,19,23-24H,8,12,14-15,18H2,1-4H3,(H,30,35)(H,31,36). The number of ketones is 1. The van der Waals surface area contributed by atoms with E-state index in [1.807, 2.05) is 38.1 Å². The normalized spacial score (nSPS) is 17.4. The molecule has 214 valence electrons. The smallest absolute Gasteiger partial charge is 0.268 e. The number of nitrogens with one attached hydrogen (secondary N) is 2. The molecule has 2 unspecified atom stereocenters. The second-order valence-corrected chi connectivity index (χ2v) is 12.4. The molecule has 0 bridgehead atoms. The molecule has 0 saturated carbocycles. The van der Waals surface area contributed by atoms with Crippen LogP contribution in [-0.2, 0) is 26.7 Å². The first kappa shape index (κ1) is 29.3. The second kappa shape index (κ2) is 12.2. The summed E-state index contributed by atoms with van der Waals surface area (Å²) in [6.07, 6.45) is 1.05. The van der Waals surface area contributed by atoms with E-state index in [0.29, 0.717) is 30.7 Å². The van der Waals surface area contributed by atoms with Crippen molar-refractivity contribution in [2.75, 3.05) is 20.2 Å². The highest BCUT2D eigenvalue weighted by atomic mass is 32.2. The molecule has 1 aliphatic heterocycles. The van der Waals surface area contributed by atoms with Crippen LogP contribution in [0.3, 0.4) is 0 Å². The van der Waals surface area contributed by atoms with Crippen molar-refractivity contribution in [3.8, 4) is 5.75 Å². The number of carbonyl (C=O) groups excluding carboxylic acids is 3. The van der Waals surface area contributed by atoms with E-state index in [-0.39, 0.29) is 29.8 Å². The highest BCUT2D eigenvalue weighted by Crippen LogP contribution is 2.23. The van der Waals surface area contributed by atoms with Gasteiger partial charge in [0.1, 0.15) is 17.5 Å². The van der Waals surface area contributed by atoms with Crippen LogP contribution in [0.5, 0.6) is 5.75 Å². The van der Waals surface area contributed by atoms with E-state index in [0.717, 1.165) is 15.2 Å². The lowest BCUT2D eigenvalue weighted by Gasteiger charge is -2.23. The molecule has 2 N–H and O–H groups in total. The van der Waals surface area contributed by atoms with Crippen LogP contribution in [0.4, 0.5) is 0 Å². The third-order valence-electron chi connectivity index (χ3n) is 7.13. The number of aryl methyl sites for hydroxylation is 1. The maximum atomic E-state index is 13.4. The van der Waals surface area contributed by atoms with Gasteiger partial charge in [-0.15, -0.1) is 0 Å². The molecule has 2 heterocycles. The largest absolute Gasteiger partial charge is 0.497 e. The zero-order valence-electron chi connectivity index (χ0n) is 23.2. The number of carbonyl (C=O) groups is 3. The van der Waals surface area contributed by atoms with Crippen molar-refractivity contribution in [2.24, 2.45) is 13.0 Å². The third-order valence-corrected chi connectivity index (χ3v) is 8.97. The van der Waals surface area contributed by atoms with E-state index < -0.39 is 33.8 Å². The van der Waals surface area contributed by atoms with E-state index in [1.165, 1.54) is 19.2 Å². The van der Waals surface area contributed by atoms with Crippen molar-refractivity contribution >= 4 is 38.5 Å². The SMILES string of the molecule is COc1cccc(S(=O)(=O)N2CCCC(NC(=O)C(CC(C)C)NC(=O)c3cc4ccccc4n3C)C(=O)C2)c1. The van der Waals surface area contributed by atoms with E-state index in [9.17, 15) is 22.8 Å². The number of sulfonamides is 1. The lowest BCUT2D eigenvalue weighted by molar-refractivity contribution is -0.129. The van der Waals surface area contributed by atoms with Crippen LogP contribution in [0.2, 0.25) is 0 Å². The molecule has 10 nitrogen and oxygen atoms in total. The fraction of sp³-hybridized carbons (Fsp3) is 0.414. The molecule has 1 aliphatic rings. The predicted molar refractivity (Wildman–Crippen MR) is 152 cm³/mol. The predicted octanol–water partition coefficient (Wildman–Crippen LogP) is 2.87. The van der Waals surface area contributed by atoms with Gasteiger partial charge in [-0.25, -0.2) is 8.42 Å². The number of hydrogen-bond donors (Lipinski definition) is 2. The van der Waals surface area contributed by atoms with Gasteiger partial charge in [0.15, 0.2) is 5.78 Å². The van der Waals surface area contributed by atoms with Gasteiger partial charge in [-0.1, -0.05) is 38.1 Å². The summed E-state index contributed by atoms with van der Waals surface area (Å²) >= 11 is 0. The van der Waals surface area contributed by atoms with Crippen LogP contribution < -0.4 is 15.4 Å². The molecule has 2 atom stereocenters. The van der Waals surface area contributed by atoms with E-state index in [1.54, 1.807) is 29.8 Å². The van der Waals surface area contributed by atoms with Gasteiger partial charge < -0.3 is 19.9 Å². The molecule has 0 aliphatic carbocycles. The van der Waals surface area contributed by atoms with E-state index >= 15 is 0 Å². The van der Waals surface area contributed by atoms with Gasteiger partial charge in [-0.2, -0.15) is 4.31 Å². The van der Waals surface area contributed by atoms with Gasteiger partial charge >= 0.3 is 0 Å². The number of nitrogens with zero attached hydrogens (tertiary/aromatic N) is 2. The van der Waals surface area contributed by atoms with Gasteiger partial charge in [-0.05, 0) is 49.4 Å². The Morgan fingerprint density at radius 3 is 2.55 bits per heavy atom. The summed E-state index contributed by atoms with van der Waals surface area (Å²) in [5, 5.41) is 6.56. The van der Waals surface area contributed by atoms with Gasteiger partial charge in [0.2, 0.25) is 15.9 Å². The molecule has 4 rings (SSSR count). The number of rotatable bonds is 9. The summed E-state index contributed by atoms with van der Waals surface area (Å²) < 4.78 is 34.5. The monoisotopic (exact) mass is 568 g/mol. The third kappa shape index (κ3) is 6.37. The highest BCUT2D eigenvalue weighted by molar-refractivity contribution is 7.89. The molecule has 2 amide bonds. The summed E-state index contributed by atoms with van der Waals surface area (Å²) in [6, 6.07) is 13.8. The first-order chi connectivity index (χ1) is 19.0. The summed E-state index contributed by atoms with van der Waals surface area (Å²) in [7, 11) is -0.691. The Morgan fingerprint density at radius 2 is 1.85 bits per heavy atom. The quantitative estimate of drug-likeness (QED) is 0.409. The number of aromatic nitrogens is 1. The minimum Gasteiger partial charge on any atom is -0.497 e. The molecule has 2 aromatic carbocycles. The number of Topliss-reactive ketones (excluding diaryl/α,β-unsaturated/α-hetero) is 1. The Bertz CT molecular complexity index is 1510. The molecule has 0 spiro atoms. The van der Waals surface area contributed by atoms with Crippen LogP contribution in [0.1, 0.15) is 43.6 Å². The average Bonchev–Trinajstić information content (AvgIpc) is 3.15. The molecule has 1 fully saturated rings. The molecule has 40 heavy (non-hydrogen) atoms. The highest BCUT2D eigenvalue weighted by Gasteiger charge is 2.34. The van der Waals surface area contributed by atoms with E-state index in [4.69, 9.17) is 4.74 Å². The Hall–Kier alpha value is -3.70. The maximum Gasteiger partial charge on any atom is 0.268 e. The van der Waals surface area contributed by atoms with Crippen LogP contribution in [0.25, 0.3) is 10.9 Å². The van der Waals surface area contributed by atoms with Crippen LogP contribution in [-0.4, -0.2) is 67.2 Å². The Balaban J connectivity index is 1.46. The van der Waals surface area contributed by atoms with Crippen molar-refractivity contribution in [1.82, 2.24) is 19.5 Å². The Morgan fingerprint density at radius 1 is 1.10 bits per heavy atom. The number of methoxy groups -OCH3 is 1. The first-order valence-electron chi connectivity index (χ1n) is 13.3. The van der Waals surface area contributed by atoms with Crippen molar-refractivity contribution in [3.63, 3.8) is 0 Å². The second-order valence-electron chi connectivity index (χ2n) is 10.5. The van der Waals surface area contributed by atoms with Gasteiger partial charge in [0.05, 0.1) is 24.6 Å².